The number of carbonyl (C=O) groups is 1. The molecule has 2 fully saturated rings. The van der Waals surface area contributed by atoms with Crippen LogP contribution in [-0.4, -0.2) is 51.4 Å². The predicted molar refractivity (Wildman–Crippen MR) is 95.4 cm³/mol. The first-order valence-corrected chi connectivity index (χ1v) is 8.98. The van der Waals surface area contributed by atoms with E-state index in [-0.39, 0.29) is 5.91 Å². The number of amides is 1. The zero-order valence-corrected chi connectivity index (χ0v) is 14.5. The van der Waals surface area contributed by atoms with Crippen LogP contribution in [0.1, 0.15) is 35.4 Å². The van der Waals surface area contributed by atoms with E-state index in [0.29, 0.717) is 17.7 Å². The summed E-state index contributed by atoms with van der Waals surface area (Å²) in [6.45, 7) is 4.49. The fourth-order valence-corrected chi connectivity index (χ4v) is 4.04. The average Bonchev–Trinajstić information content (AvgIpc) is 2.94. The molecule has 1 amide bonds. The molecule has 0 bridgehead atoms. The molecule has 0 radical (unpaired) electrons. The van der Waals surface area contributed by atoms with Crippen LogP contribution in [0.5, 0.6) is 0 Å². The topological polar surface area (TPSA) is 62.2 Å². The van der Waals surface area contributed by atoms with Gasteiger partial charge in [-0.25, -0.2) is 9.97 Å². The van der Waals surface area contributed by atoms with Crippen LogP contribution in [-0.2, 0) is 0 Å². The Hall–Kier alpha value is -2.50. The molecule has 0 aromatic carbocycles. The molecule has 0 unspecified atom stereocenters. The molecule has 4 heterocycles. The van der Waals surface area contributed by atoms with Crippen LogP contribution in [0, 0.1) is 12.8 Å². The number of hydrogen-bond donors (Lipinski definition) is 0. The Balaban J connectivity index is 1.47. The van der Waals surface area contributed by atoms with Crippen molar-refractivity contribution in [2.45, 2.75) is 32.2 Å². The lowest BCUT2D eigenvalue weighted by molar-refractivity contribution is 0.0752. The maximum absolute atomic E-state index is 12.7. The molecule has 25 heavy (non-hydrogen) atoms. The van der Waals surface area contributed by atoms with Crippen LogP contribution in [0.3, 0.4) is 0 Å². The number of fused-ring (bicyclic) bond motifs is 1. The molecule has 2 saturated heterocycles. The number of aromatic nitrogens is 3. The number of likely N-dealkylation sites (tertiary alicyclic amines) is 1. The number of aryl methyl sites for hydroxylation is 1. The lowest BCUT2D eigenvalue weighted by atomic mass is 9.96. The third-order valence-corrected chi connectivity index (χ3v) is 5.38. The van der Waals surface area contributed by atoms with Crippen molar-refractivity contribution in [3.63, 3.8) is 0 Å². The van der Waals surface area contributed by atoms with Gasteiger partial charge in [-0.2, -0.15) is 0 Å². The molecule has 0 N–H and O–H groups in total. The van der Waals surface area contributed by atoms with Gasteiger partial charge in [0.2, 0.25) is 0 Å². The van der Waals surface area contributed by atoms with Gasteiger partial charge in [0.25, 0.3) is 5.91 Å². The number of hydrogen-bond acceptors (Lipinski definition) is 5. The number of carbonyl (C=O) groups excluding carboxylic acids is 1. The second-order valence-electron chi connectivity index (χ2n) is 6.91. The third kappa shape index (κ3) is 3.21. The zero-order chi connectivity index (χ0) is 17.2. The second kappa shape index (κ2) is 6.78. The number of nitrogens with zero attached hydrogens (tertiary/aromatic N) is 5. The minimum absolute atomic E-state index is 0.00291. The van der Waals surface area contributed by atoms with Gasteiger partial charge in [0.15, 0.2) is 0 Å². The van der Waals surface area contributed by atoms with Gasteiger partial charge in [-0.15, -0.1) is 0 Å². The standard InChI is InChI=1S/C19H23N5O/c1-14-12-22-16(13-21-14)19(25)23-9-5-15-6-11-24(17(15)7-10-23)18-4-2-3-8-20-18/h2-4,8,12-13,15,17H,5-7,9-11H2,1H3/t15-,17+/m1/s1. The second-order valence-corrected chi connectivity index (χ2v) is 6.91. The summed E-state index contributed by atoms with van der Waals surface area (Å²) < 4.78 is 0. The van der Waals surface area contributed by atoms with E-state index in [2.05, 4.69) is 25.9 Å². The summed E-state index contributed by atoms with van der Waals surface area (Å²) in [7, 11) is 0. The zero-order valence-electron chi connectivity index (χ0n) is 14.5. The minimum atomic E-state index is -0.00291. The molecule has 2 aliphatic rings. The quantitative estimate of drug-likeness (QED) is 0.841. The first kappa shape index (κ1) is 16.0. The van der Waals surface area contributed by atoms with Crippen molar-refractivity contribution in [1.29, 1.82) is 0 Å². The molecule has 0 aliphatic carbocycles. The summed E-state index contributed by atoms with van der Waals surface area (Å²) in [5.74, 6) is 1.68. The van der Waals surface area contributed by atoms with Crippen molar-refractivity contribution in [2.24, 2.45) is 5.92 Å². The Labute approximate surface area is 147 Å². The van der Waals surface area contributed by atoms with Crippen LogP contribution < -0.4 is 4.90 Å². The number of pyridine rings is 1. The molecule has 4 rings (SSSR count). The van der Waals surface area contributed by atoms with Crippen LogP contribution in [0.2, 0.25) is 0 Å². The third-order valence-electron chi connectivity index (χ3n) is 5.38. The summed E-state index contributed by atoms with van der Waals surface area (Å²) in [6.07, 6.45) is 8.29. The van der Waals surface area contributed by atoms with Crippen molar-refractivity contribution in [3.8, 4) is 0 Å². The van der Waals surface area contributed by atoms with E-state index in [9.17, 15) is 4.79 Å². The molecule has 0 spiro atoms. The maximum atomic E-state index is 12.7. The minimum Gasteiger partial charge on any atom is -0.353 e. The largest absolute Gasteiger partial charge is 0.353 e. The molecule has 2 atom stereocenters. The molecule has 0 saturated carbocycles. The normalized spacial score (nSPS) is 23.2. The summed E-state index contributed by atoms with van der Waals surface area (Å²) in [6, 6.07) is 6.54. The van der Waals surface area contributed by atoms with Crippen LogP contribution in [0.15, 0.2) is 36.8 Å². The van der Waals surface area contributed by atoms with E-state index >= 15 is 0 Å². The van der Waals surface area contributed by atoms with Crippen LogP contribution in [0.25, 0.3) is 0 Å². The van der Waals surface area contributed by atoms with Gasteiger partial charge in [0.05, 0.1) is 11.9 Å². The fraction of sp³-hybridized carbons (Fsp3) is 0.474. The lowest BCUT2D eigenvalue weighted by Gasteiger charge is -2.28. The van der Waals surface area contributed by atoms with Gasteiger partial charge in [0.1, 0.15) is 11.5 Å². The van der Waals surface area contributed by atoms with E-state index in [1.165, 1.54) is 6.42 Å². The Bertz CT molecular complexity index is 733. The number of rotatable bonds is 2. The molecule has 6 nitrogen and oxygen atoms in total. The Morgan fingerprint density at radius 2 is 1.88 bits per heavy atom. The summed E-state index contributed by atoms with van der Waals surface area (Å²) in [5, 5.41) is 0. The van der Waals surface area contributed by atoms with E-state index in [0.717, 1.165) is 44.0 Å². The van der Waals surface area contributed by atoms with Crippen LogP contribution in [0.4, 0.5) is 5.82 Å². The van der Waals surface area contributed by atoms with Gasteiger partial charge in [-0.1, -0.05) is 6.07 Å². The van der Waals surface area contributed by atoms with Gasteiger partial charge in [0, 0.05) is 38.1 Å². The van der Waals surface area contributed by atoms with Gasteiger partial charge in [-0.3, -0.25) is 9.78 Å². The maximum Gasteiger partial charge on any atom is 0.274 e. The number of anilines is 1. The predicted octanol–water partition coefficient (Wildman–Crippen LogP) is 2.31. The molecule has 2 aromatic heterocycles. The highest BCUT2D eigenvalue weighted by molar-refractivity contribution is 5.92. The van der Waals surface area contributed by atoms with Crippen molar-refractivity contribution in [1.82, 2.24) is 19.9 Å². The lowest BCUT2D eigenvalue weighted by Crippen LogP contribution is -2.36. The average molecular weight is 337 g/mol. The van der Waals surface area contributed by atoms with E-state index in [1.54, 1.807) is 12.4 Å². The summed E-state index contributed by atoms with van der Waals surface area (Å²) in [5.41, 5.74) is 1.27. The van der Waals surface area contributed by atoms with Crippen molar-refractivity contribution < 1.29 is 4.79 Å². The summed E-state index contributed by atoms with van der Waals surface area (Å²) in [4.78, 5) is 30.1. The van der Waals surface area contributed by atoms with Crippen molar-refractivity contribution in [3.05, 3.63) is 48.2 Å². The first-order chi connectivity index (χ1) is 12.2. The molecule has 130 valence electrons. The molecule has 2 aromatic rings. The van der Waals surface area contributed by atoms with Gasteiger partial charge in [-0.05, 0) is 44.2 Å². The van der Waals surface area contributed by atoms with Gasteiger partial charge < -0.3 is 9.80 Å². The molecular formula is C19H23N5O. The Kier molecular flexibility index (Phi) is 4.34. The highest BCUT2D eigenvalue weighted by Crippen LogP contribution is 2.34. The monoisotopic (exact) mass is 337 g/mol. The van der Waals surface area contributed by atoms with Crippen LogP contribution >= 0.6 is 0 Å². The first-order valence-electron chi connectivity index (χ1n) is 8.98. The smallest absolute Gasteiger partial charge is 0.274 e. The van der Waals surface area contributed by atoms with Crippen molar-refractivity contribution in [2.75, 3.05) is 24.5 Å². The van der Waals surface area contributed by atoms with Gasteiger partial charge >= 0.3 is 0 Å². The van der Waals surface area contributed by atoms with Crippen molar-refractivity contribution >= 4 is 11.7 Å². The van der Waals surface area contributed by atoms with E-state index in [4.69, 9.17) is 0 Å². The van der Waals surface area contributed by atoms with E-state index < -0.39 is 0 Å². The molecule has 6 heteroatoms. The Morgan fingerprint density at radius 3 is 2.64 bits per heavy atom. The highest BCUT2D eigenvalue weighted by atomic mass is 16.2. The Morgan fingerprint density at radius 1 is 1.04 bits per heavy atom. The molecular weight excluding hydrogens is 314 g/mol. The molecule has 2 aliphatic heterocycles. The summed E-state index contributed by atoms with van der Waals surface area (Å²) >= 11 is 0. The van der Waals surface area contributed by atoms with E-state index in [1.807, 2.05) is 30.2 Å². The SMILES string of the molecule is Cc1cnc(C(=O)N2CC[C@@H]3CCN(c4ccccn4)[C@H]3CC2)cn1. The highest BCUT2D eigenvalue weighted by Gasteiger charge is 2.37. The fourth-order valence-electron chi connectivity index (χ4n) is 4.04.